The number of methoxy groups -OCH3 is 1. The second-order valence-electron chi connectivity index (χ2n) is 4.57. The summed E-state index contributed by atoms with van der Waals surface area (Å²) in [4.78, 5) is 0. The van der Waals surface area contributed by atoms with Gasteiger partial charge in [-0.3, -0.25) is 0 Å². The molecule has 0 fully saturated rings. The first-order valence-electron chi connectivity index (χ1n) is 6.28. The van der Waals surface area contributed by atoms with E-state index in [-0.39, 0.29) is 11.6 Å². The summed E-state index contributed by atoms with van der Waals surface area (Å²) in [5, 5.41) is 3.16. The molecule has 0 amide bonds. The molecule has 0 unspecified atom stereocenters. The molecule has 1 aromatic rings. The van der Waals surface area contributed by atoms with Gasteiger partial charge in [-0.1, -0.05) is 13.8 Å². The number of hydrogen-bond donors (Lipinski definition) is 1. The molecule has 0 aromatic heterocycles. The van der Waals surface area contributed by atoms with Crippen LogP contribution in [0.4, 0.5) is 10.1 Å². The first-order chi connectivity index (χ1) is 8.63. The van der Waals surface area contributed by atoms with Gasteiger partial charge in [0.25, 0.3) is 0 Å². The summed E-state index contributed by atoms with van der Waals surface area (Å²) in [6.45, 7) is 6.48. The van der Waals surface area contributed by atoms with Crippen molar-refractivity contribution in [2.75, 3.05) is 32.2 Å². The van der Waals surface area contributed by atoms with Crippen LogP contribution in [0.5, 0.6) is 5.75 Å². The molecule has 0 atom stereocenters. The zero-order valence-corrected chi connectivity index (χ0v) is 11.3. The van der Waals surface area contributed by atoms with Gasteiger partial charge in [0.15, 0.2) is 11.6 Å². The highest BCUT2D eigenvalue weighted by atomic mass is 19.1. The van der Waals surface area contributed by atoms with Crippen molar-refractivity contribution in [3.05, 3.63) is 24.0 Å². The Morgan fingerprint density at radius 3 is 2.72 bits per heavy atom. The number of ether oxygens (including phenoxy) is 2. The molecule has 18 heavy (non-hydrogen) atoms. The molecule has 1 rings (SSSR count). The van der Waals surface area contributed by atoms with E-state index in [9.17, 15) is 4.39 Å². The van der Waals surface area contributed by atoms with Crippen LogP contribution in [-0.4, -0.2) is 26.9 Å². The van der Waals surface area contributed by atoms with Crippen LogP contribution < -0.4 is 10.1 Å². The van der Waals surface area contributed by atoms with Gasteiger partial charge < -0.3 is 14.8 Å². The predicted molar refractivity (Wildman–Crippen MR) is 71.7 cm³/mol. The Balaban J connectivity index is 2.23. The van der Waals surface area contributed by atoms with E-state index in [1.165, 1.54) is 13.2 Å². The standard InChI is InChI=1S/C14H22FNO2/c1-11(2)6-8-18-9-7-16-12-4-5-13(15)14(10-12)17-3/h4-5,10-11,16H,6-9H2,1-3H3. The molecule has 0 bridgehead atoms. The summed E-state index contributed by atoms with van der Waals surface area (Å²) < 4.78 is 23.5. The average Bonchev–Trinajstić information content (AvgIpc) is 2.35. The molecule has 3 nitrogen and oxygen atoms in total. The minimum Gasteiger partial charge on any atom is -0.494 e. The molecule has 0 spiro atoms. The fraction of sp³-hybridized carbons (Fsp3) is 0.571. The van der Waals surface area contributed by atoms with Crippen LogP contribution in [0, 0.1) is 11.7 Å². The fourth-order valence-corrected chi connectivity index (χ4v) is 1.46. The van der Waals surface area contributed by atoms with Gasteiger partial charge in [0.1, 0.15) is 0 Å². The topological polar surface area (TPSA) is 30.5 Å². The van der Waals surface area contributed by atoms with E-state index >= 15 is 0 Å². The lowest BCUT2D eigenvalue weighted by Crippen LogP contribution is -2.11. The first-order valence-corrected chi connectivity index (χ1v) is 6.28. The van der Waals surface area contributed by atoms with E-state index in [0.29, 0.717) is 19.1 Å². The Labute approximate surface area is 108 Å². The van der Waals surface area contributed by atoms with Crippen molar-refractivity contribution in [1.29, 1.82) is 0 Å². The van der Waals surface area contributed by atoms with Crippen LogP contribution in [0.3, 0.4) is 0 Å². The Morgan fingerprint density at radius 1 is 1.28 bits per heavy atom. The molecule has 4 heteroatoms. The lowest BCUT2D eigenvalue weighted by Gasteiger charge is -2.10. The van der Waals surface area contributed by atoms with Gasteiger partial charge in [-0.2, -0.15) is 0 Å². The van der Waals surface area contributed by atoms with E-state index < -0.39 is 0 Å². The van der Waals surface area contributed by atoms with Gasteiger partial charge in [0.2, 0.25) is 0 Å². The molecule has 0 aliphatic carbocycles. The molecule has 102 valence electrons. The third-order valence-electron chi connectivity index (χ3n) is 2.57. The summed E-state index contributed by atoms with van der Waals surface area (Å²) in [6, 6.07) is 4.72. The molecule has 0 heterocycles. The maximum Gasteiger partial charge on any atom is 0.165 e. The number of halogens is 1. The molecule has 1 aromatic carbocycles. The highest BCUT2D eigenvalue weighted by Gasteiger charge is 2.02. The summed E-state index contributed by atoms with van der Waals surface area (Å²) in [5.74, 6) is 0.566. The van der Waals surface area contributed by atoms with Crippen molar-refractivity contribution in [2.45, 2.75) is 20.3 Å². The zero-order chi connectivity index (χ0) is 13.4. The summed E-state index contributed by atoms with van der Waals surface area (Å²) in [5.41, 5.74) is 0.834. The van der Waals surface area contributed by atoms with Gasteiger partial charge in [-0.05, 0) is 24.5 Å². The largest absolute Gasteiger partial charge is 0.494 e. The highest BCUT2D eigenvalue weighted by molar-refractivity contribution is 5.48. The van der Waals surface area contributed by atoms with Gasteiger partial charge >= 0.3 is 0 Å². The SMILES string of the molecule is COc1cc(NCCOCCC(C)C)ccc1F. The Hall–Kier alpha value is -1.29. The van der Waals surface area contributed by atoms with Crippen molar-refractivity contribution in [3.63, 3.8) is 0 Å². The van der Waals surface area contributed by atoms with Crippen LogP contribution in [-0.2, 0) is 4.74 Å². The summed E-state index contributed by atoms with van der Waals surface area (Å²) in [7, 11) is 1.46. The van der Waals surface area contributed by atoms with E-state index in [1.54, 1.807) is 12.1 Å². The van der Waals surface area contributed by atoms with Crippen LogP contribution in [0.2, 0.25) is 0 Å². The third-order valence-corrected chi connectivity index (χ3v) is 2.57. The third kappa shape index (κ3) is 5.36. The number of benzene rings is 1. The molecule has 0 radical (unpaired) electrons. The molecule has 0 aliphatic heterocycles. The second-order valence-corrected chi connectivity index (χ2v) is 4.57. The fourth-order valence-electron chi connectivity index (χ4n) is 1.46. The lowest BCUT2D eigenvalue weighted by atomic mass is 10.1. The minimum absolute atomic E-state index is 0.251. The molecule has 0 saturated carbocycles. The van der Waals surface area contributed by atoms with Crippen molar-refractivity contribution < 1.29 is 13.9 Å². The van der Waals surface area contributed by atoms with E-state index in [0.717, 1.165) is 18.7 Å². The maximum atomic E-state index is 13.2. The monoisotopic (exact) mass is 255 g/mol. The zero-order valence-electron chi connectivity index (χ0n) is 11.3. The van der Waals surface area contributed by atoms with Gasteiger partial charge in [0, 0.05) is 24.9 Å². The van der Waals surface area contributed by atoms with Gasteiger partial charge in [-0.25, -0.2) is 4.39 Å². The van der Waals surface area contributed by atoms with E-state index in [2.05, 4.69) is 19.2 Å². The quantitative estimate of drug-likeness (QED) is 0.723. The van der Waals surface area contributed by atoms with Crippen LogP contribution in [0.1, 0.15) is 20.3 Å². The Morgan fingerprint density at radius 2 is 2.06 bits per heavy atom. The highest BCUT2D eigenvalue weighted by Crippen LogP contribution is 2.21. The Kier molecular flexibility index (Phi) is 6.50. The smallest absolute Gasteiger partial charge is 0.165 e. The maximum absolute atomic E-state index is 13.2. The van der Waals surface area contributed by atoms with Crippen LogP contribution in [0.25, 0.3) is 0 Å². The normalized spacial score (nSPS) is 10.7. The van der Waals surface area contributed by atoms with Gasteiger partial charge in [0.05, 0.1) is 13.7 Å². The van der Waals surface area contributed by atoms with E-state index in [1.807, 2.05) is 0 Å². The summed E-state index contributed by atoms with van der Waals surface area (Å²) >= 11 is 0. The predicted octanol–water partition coefficient (Wildman–Crippen LogP) is 3.31. The van der Waals surface area contributed by atoms with Crippen molar-refractivity contribution in [2.24, 2.45) is 5.92 Å². The summed E-state index contributed by atoms with van der Waals surface area (Å²) in [6.07, 6.45) is 1.07. The second kappa shape index (κ2) is 7.93. The van der Waals surface area contributed by atoms with Crippen LogP contribution in [0.15, 0.2) is 18.2 Å². The number of nitrogens with one attached hydrogen (secondary N) is 1. The Bertz CT molecular complexity index is 356. The molecular weight excluding hydrogens is 233 g/mol. The number of rotatable bonds is 8. The molecule has 0 aliphatic rings. The van der Waals surface area contributed by atoms with Crippen molar-refractivity contribution >= 4 is 5.69 Å². The average molecular weight is 255 g/mol. The van der Waals surface area contributed by atoms with Crippen molar-refractivity contribution in [3.8, 4) is 5.75 Å². The lowest BCUT2D eigenvalue weighted by molar-refractivity contribution is 0.132. The minimum atomic E-state index is -0.351. The van der Waals surface area contributed by atoms with Crippen LogP contribution >= 0.6 is 0 Å². The molecular formula is C14H22FNO2. The number of anilines is 1. The van der Waals surface area contributed by atoms with E-state index in [4.69, 9.17) is 9.47 Å². The van der Waals surface area contributed by atoms with Gasteiger partial charge in [-0.15, -0.1) is 0 Å². The first kappa shape index (κ1) is 14.8. The number of hydrogen-bond acceptors (Lipinski definition) is 3. The molecule has 0 saturated heterocycles. The molecule has 1 N–H and O–H groups in total. The van der Waals surface area contributed by atoms with Crippen molar-refractivity contribution in [1.82, 2.24) is 0 Å².